The van der Waals surface area contributed by atoms with E-state index in [9.17, 15) is 4.79 Å². The summed E-state index contributed by atoms with van der Waals surface area (Å²) < 4.78 is 4.60. The minimum atomic E-state index is -0.0509. The van der Waals surface area contributed by atoms with Gasteiger partial charge in [-0.15, -0.1) is 0 Å². The molecule has 7 heteroatoms. The molecule has 6 nitrogen and oxygen atoms in total. The van der Waals surface area contributed by atoms with Crippen molar-refractivity contribution in [1.82, 2.24) is 15.6 Å². The number of rotatable bonds is 5. The lowest BCUT2D eigenvalue weighted by Crippen LogP contribution is -2.32. The number of halogens is 1. The van der Waals surface area contributed by atoms with Gasteiger partial charge in [-0.25, -0.2) is 4.63 Å². The molecule has 1 N–H and O–H groups in total. The van der Waals surface area contributed by atoms with E-state index in [0.29, 0.717) is 23.9 Å². The van der Waals surface area contributed by atoms with Crippen molar-refractivity contribution in [3.63, 3.8) is 0 Å². The number of hydrogen-bond acceptors (Lipinski definition) is 5. The van der Waals surface area contributed by atoms with Gasteiger partial charge in [0.15, 0.2) is 0 Å². The van der Waals surface area contributed by atoms with Crippen molar-refractivity contribution >= 4 is 23.2 Å². The van der Waals surface area contributed by atoms with Crippen LogP contribution >= 0.6 is 11.6 Å². The Bertz CT molecular complexity index is 688. The number of nitrogens with one attached hydrogen (secondary N) is 1. The van der Waals surface area contributed by atoms with E-state index in [-0.39, 0.29) is 12.3 Å². The minimum absolute atomic E-state index is 0.0509. The van der Waals surface area contributed by atoms with E-state index >= 15 is 0 Å². The Morgan fingerprint density at radius 1 is 1.48 bits per heavy atom. The van der Waals surface area contributed by atoms with Crippen molar-refractivity contribution < 1.29 is 9.42 Å². The van der Waals surface area contributed by atoms with Crippen molar-refractivity contribution in [1.29, 1.82) is 0 Å². The Kier molecular flexibility index (Phi) is 4.81. The van der Waals surface area contributed by atoms with Gasteiger partial charge in [-0.1, -0.05) is 28.0 Å². The lowest BCUT2D eigenvalue weighted by atomic mass is 10.1. The average molecular weight is 335 g/mol. The minimum Gasteiger partial charge on any atom is -0.371 e. The van der Waals surface area contributed by atoms with E-state index in [0.717, 1.165) is 30.2 Å². The first-order valence-electron chi connectivity index (χ1n) is 7.67. The smallest absolute Gasteiger partial charge is 0.226 e. The fourth-order valence-electron chi connectivity index (χ4n) is 2.79. The summed E-state index contributed by atoms with van der Waals surface area (Å²) in [4.78, 5) is 14.3. The van der Waals surface area contributed by atoms with Crippen LogP contribution in [0.3, 0.4) is 0 Å². The van der Waals surface area contributed by atoms with Crippen LogP contribution in [0.25, 0.3) is 0 Å². The third-order valence-electron chi connectivity index (χ3n) is 4.12. The number of anilines is 1. The maximum Gasteiger partial charge on any atom is 0.226 e. The lowest BCUT2D eigenvalue weighted by Gasteiger charge is -2.19. The summed E-state index contributed by atoms with van der Waals surface area (Å²) in [5.74, 6) is 0.388. The molecule has 0 spiro atoms. The third-order valence-corrected chi connectivity index (χ3v) is 4.36. The van der Waals surface area contributed by atoms with E-state index in [1.807, 2.05) is 18.2 Å². The van der Waals surface area contributed by atoms with Crippen LogP contribution in [0.2, 0.25) is 5.02 Å². The number of benzene rings is 1. The molecule has 1 atom stereocenters. The first-order chi connectivity index (χ1) is 11.1. The van der Waals surface area contributed by atoms with Crippen molar-refractivity contribution in [2.45, 2.75) is 19.8 Å². The molecular formula is C16H19ClN4O2. The first-order valence-corrected chi connectivity index (χ1v) is 8.05. The van der Waals surface area contributed by atoms with Gasteiger partial charge in [-0.05, 0) is 37.5 Å². The topological polar surface area (TPSA) is 71.3 Å². The second-order valence-corrected chi connectivity index (χ2v) is 6.29. The van der Waals surface area contributed by atoms with E-state index < -0.39 is 0 Å². The van der Waals surface area contributed by atoms with Gasteiger partial charge in [0, 0.05) is 30.3 Å². The summed E-state index contributed by atoms with van der Waals surface area (Å²) in [5, 5.41) is 11.1. The van der Waals surface area contributed by atoms with Crippen LogP contribution in [0.5, 0.6) is 0 Å². The molecule has 2 heterocycles. The summed E-state index contributed by atoms with van der Waals surface area (Å²) in [6, 6.07) is 7.87. The van der Waals surface area contributed by atoms with Gasteiger partial charge in [0.25, 0.3) is 0 Å². The Labute approximate surface area is 139 Å². The van der Waals surface area contributed by atoms with Crippen LogP contribution in [0.4, 0.5) is 5.69 Å². The number of carbonyl (C=O) groups is 1. The summed E-state index contributed by atoms with van der Waals surface area (Å²) in [7, 11) is 0. The molecule has 1 aromatic heterocycles. The highest BCUT2D eigenvalue weighted by Crippen LogP contribution is 2.25. The van der Waals surface area contributed by atoms with Crippen molar-refractivity contribution in [2.24, 2.45) is 5.92 Å². The molecule has 1 aromatic carbocycles. The van der Waals surface area contributed by atoms with Gasteiger partial charge in [-0.3, -0.25) is 4.79 Å². The van der Waals surface area contributed by atoms with Gasteiger partial charge < -0.3 is 10.2 Å². The Hall–Kier alpha value is -2.08. The predicted molar refractivity (Wildman–Crippen MR) is 87.5 cm³/mol. The fourth-order valence-corrected chi connectivity index (χ4v) is 2.97. The van der Waals surface area contributed by atoms with Gasteiger partial charge in [0.05, 0.1) is 6.42 Å². The zero-order valence-corrected chi connectivity index (χ0v) is 13.7. The van der Waals surface area contributed by atoms with Crippen LogP contribution in [0.1, 0.15) is 17.8 Å². The molecule has 1 amide bonds. The molecule has 2 aromatic rings. The van der Waals surface area contributed by atoms with Crippen LogP contribution < -0.4 is 10.2 Å². The predicted octanol–water partition coefficient (Wildman–Crippen LogP) is 2.22. The zero-order chi connectivity index (χ0) is 16.2. The maximum atomic E-state index is 12.0. The summed E-state index contributed by atoms with van der Waals surface area (Å²) in [6.07, 6.45) is 1.26. The molecule has 0 radical (unpaired) electrons. The van der Waals surface area contributed by atoms with Crippen molar-refractivity contribution in [3.05, 3.63) is 40.7 Å². The fraction of sp³-hybridized carbons (Fsp3) is 0.438. The quantitative estimate of drug-likeness (QED) is 0.907. The second-order valence-electron chi connectivity index (χ2n) is 5.86. The molecular weight excluding hydrogens is 316 g/mol. The van der Waals surface area contributed by atoms with E-state index in [1.54, 1.807) is 6.92 Å². The molecule has 0 unspecified atom stereocenters. The Morgan fingerprint density at radius 3 is 3.09 bits per heavy atom. The standard InChI is InChI=1S/C16H19ClN4O2/c1-11-15(20-23-19-11)8-16(22)18-9-12-5-6-21(10-12)14-4-2-3-13(17)7-14/h2-4,7,12H,5-6,8-10H2,1H3,(H,18,22)/t12-/m0/s1. The third kappa shape index (κ3) is 4.01. The van der Waals surface area contributed by atoms with Gasteiger partial charge in [0.2, 0.25) is 5.91 Å². The van der Waals surface area contributed by atoms with Gasteiger partial charge in [-0.2, -0.15) is 0 Å². The number of nitrogens with zero attached hydrogens (tertiary/aromatic N) is 3. The molecule has 1 aliphatic rings. The number of aryl methyl sites for hydroxylation is 1. The molecule has 1 aliphatic heterocycles. The molecule has 0 aliphatic carbocycles. The highest BCUT2D eigenvalue weighted by Gasteiger charge is 2.23. The largest absolute Gasteiger partial charge is 0.371 e. The zero-order valence-electron chi connectivity index (χ0n) is 13.0. The summed E-state index contributed by atoms with van der Waals surface area (Å²) >= 11 is 6.04. The Balaban J connectivity index is 1.47. The van der Waals surface area contributed by atoms with Crippen LogP contribution in [0, 0.1) is 12.8 Å². The molecule has 1 saturated heterocycles. The molecule has 0 saturated carbocycles. The number of amides is 1. The molecule has 122 valence electrons. The highest BCUT2D eigenvalue weighted by atomic mass is 35.5. The first kappa shape index (κ1) is 15.8. The number of hydrogen-bond donors (Lipinski definition) is 1. The summed E-state index contributed by atoms with van der Waals surface area (Å²) in [6.45, 7) is 4.34. The molecule has 1 fully saturated rings. The van der Waals surface area contributed by atoms with Crippen LogP contribution in [-0.4, -0.2) is 35.9 Å². The monoisotopic (exact) mass is 334 g/mol. The summed E-state index contributed by atoms with van der Waals surface area (Å²) in [5.41, 5.74) is 2.39. The Morgan fingerprint density at radius 2 is 2.35 bits per heavy atom. The second kappa shape index (κ2) is 7.00. The van der Waals surface area contributed by atoms with Gasteiger partial charge in [0.1, 0.15) is 11.4 Å². The number of aromatic nitrogens is 2. The highest BCUT2D eigenvalue weighted by molar-refractivity contribution is 6.30. The lowest BCUT2D eigenvalue weighted by molar-refractivity contribution is -0.120. The van der Waals surface area contributed by atoms with Crippen molar-refractivity contribution in [3.8, 4) is 0 Å². The van der Waals surface area contributed by atoms with Crippen LogP contribution in [0.15, 0.2) is 28.9 Å². The SMILES string of the molecule is Cc1nonc1CC(=O)NC[C@@H]1CCN(c2cccc(Cl)c2)C1. The number of carbonyl (C=O) groups excluding carboxylic acids is 1. The molecule has 23 heavy (non-hydrogen) atoms. The van der Waals surface area contributed by atoms with E-state index in [1.165, 1.54) is 0 Å². The molecule has 0 bridgehead atoms. The van der Waals surface area contributed by atoms with Crippen molar-refractivity contribution in [2.75, 3.05) is 24.5 Å². The molecule has 3 rings (SSSR count). The van der Waals surface area contributed by atoms with E-state index in [2.05, 4.69) is 31.2 Å². The van der Waals surface area contributed by atoms with E-state index in [4.69, 9.17) is 11.6 Å². The average Bonchev–Trinajstić information content (AvgIpc) is 3.15. The normalized spacial score (nSPS) is 17.5. The van der Waals surface area contributed by atoms with Gasteiger partial charge >= 0.3 is 0 Å². The maximum absolute atomic E-state index is 12.0. The van der Waals surface area contributed by atoms with Crippen LogP contribution in [-0.2, 0) is 11.2 Å².